The van der Waals surface area contributed by atoms with Crippen LogP contribution in [0.2, 0.25) is 0 Å². The highest BCUT2D eigenvalue weighted by molar-refractivity contribution is 5.84. The number of nitrogens with two attached hydrogens (primary N) is 1. The van der Waals surface area contributed by atoms with Crippen LogP contribution in [0.4, 0.5) is 0 Å². The zero-order chi connectivity index (χ0) is 11.9. The summed E-state index contributed by atoms with van der Waals surface area (Å²) in [5.74, 6) is 0.777. The van der Waals surface area contributed by atoms with E-state index in [1.807, 2.05) is 12.1 Å². The molecule has 2 aromatic rings. The fraction of sp³-hybridized carbons (Fsp3) is 0.429. The molecule has 1 aromatic carbocycles. The first-order valence-electron chi connectivity index (χ1n) is 6.07. The molecule has 1 heterocycles. The van der Waals surface area contributed by atoms with Gasteiger partial charge >= 0.3 is 0 Å². The van der Waals surface area contributed by atoms with Crippen LogP contribution in [0, 0.1) is 0 Å². The third-order valence-corrected chi connectivity index (χ3v) is 3.81. The maximum absolute atomic E-state index is 6.48. The topological polar surface area (TPSA) is 48.4 Å². The highest BCUT2D eigenvalue weighted by atomic mass is 16.5. The van der Waals surface area contributed by atoms with Crippen LogP contribution in [0.25, 0.3) is 11.0 Å². The third kappa shape index (κ3) is 1.62. The minimum absolute atomic E-state index is 0.182. The molecule has 0 spiro atoms. The Labute approximate surface area is 101 Å². The average Bonchev–Trinajstić information content (AvgIpc) is 2.96. The first-order chi connectivity index (χ1) is 8.23. The van der Waals surface area contributed by atoms with E-state index in [-0.39, 0.29) is 5.54 Å². The molecule has 1 aliphatic rings. The van der Waals surface area contributed by atoms with Crippen LogP contribution in [-0.4, -0.2) is 7.11 Å². The van der Waals surface area contributed by atoms with Crippen LogP contribution in [0.5, 0.6) is 5.75 Å². The predicted octanol–water partition coefficient (Wildman–Crippen LogP) is 3.17. The van der Waals surface area contributed by atoms with E-state index in [1.165, 1.54) is 18.4 Å². The summed E-state index contributed by atoms with van der Waals surface area (Å²) in [7, 11) is 1.67. The van der Waals surface area contributed by atoms with Gasteiger partial charge in [-0.15, -0.1) is 0 Å². The van der Waals surface area contributed by atoms with Crippen molar-refractivity contribution in [2.75, 3.05) is 7.11 Å². The standard InChI is InChI=1S/C14H17NO2/c1-16-12-9-11(14(15)5-2-3-6-14)8-10-4-7-17-13(10)12/h4,7-9H,2-3,5-6,15H2,1H3. The molecule has 3 rings (SSSR count). The van der Waals surface area contributed by atoms with Gasteiger partial charge in [0.25, 0.3) is 0 Å². The van der Waals surface area contributed by atoms with E-state index in [0.29, 0.717) is 0 Å². The van der Waals surface area contributed by atoms with Crippen molar-refractivity contribution >= 4 is 11.0 Å². The van der Waals surface area contributed by atoms with Crippen LogP contribution in [0.15, 0.2) is 28.9 Å². The smallest absolute Gasteiger partial charge is 0.175 e. The molecule has 17 heavy (non-hydrogen) atoms. The van der Waals surface area contributed by atoms with Gasteiger partial charge in [0.15, 0.2) is 11.3 Å². The van der Waals surface area contributed by atoms with Gasteiger partial charge in [0.1, 0.15) is 0 Å². The van der Waals surface area contributed by atoms with Crippen LogP contribution >= 0.6 is 0 Å². The highest BCUT2D eigenvalue weighted by Gasteiger charge is 2.32. The number of hydrogen-bond donors (Lipinski definition) is 1. The molecular formula is C14H17NO2. The van der Waals surface area contributed by atoms with Gasteiger partial charge in [-0.1, -0.05) is 12.8 Å². The number of furan rings is 1. The van der Waals surface area contributed by atoms with Crippen LogP contribution < -0.4 is 10.5 Å². The summed E-state index contributed by atoms with van der Waals surface area (Å²) < 4.78 is 10.8. The van der Waals surface area contributed by atoms with Gasteiger partial charge in [-0.2, -0.15) is 0 Å². The Hall–Kier alpha value is -1.48. The van der Waals surface area contributed by atoms with E-state index in [2.05, 4.69) is 6.07 Å². The maximum Gasteiger partial charge on any atom is 0.175 e. The largest absolute Gasteiger partial charge is 0.493 e. The molecule has 0 unspecified atom stereocenters. The summed E-state index contributed by atoms with van der Waals surface area (Å²) in [5.41, 5.74) is 8.27. The Kier molecular flexibility index (Phi) is 2.37. The first kappa shape index (κ1) is 10.7. The van der Waals surface area contributed by atoms with Gasteiger partial charge in [0.05, 0.1) is 13.4 Å². The average molecular weight is 231 g/mol. The fourth-order valence-electron chi connectivity index (χ4n) is 2.78. The van der Waals surface area contributed by atoms with Gasteiger partial charge in [-0.3, -0.25) is 0 Å². The van der Waals surface area contributed by atoms with Gasteiger partial charge in [-0.25, -0.2) is 0 Å². The van der Waals surface area contributed by atoms with Crippen molar-refractivity contribution in [3.8, 4) is 5.75 Å². The van der Waals surface area contributed by atoms with Crippen molar-refractivity contribution in [3.05, 3.63) is 30.0 Å². The second-order valence-corrected chi connectivity index (χ2v) is 4.88. The molecule has 0 amide bonds. The molecule has 1 aromatic heterocycles. The molecule has 0 saturated heterocycles. The van der Waals surface area contributed by atoms with Crippen molar-refractivity contribution in [1.29, 1.82) is 0 Å². The normalized spacial score (nSPS) is 18.7. The third-order valence-electron chi connectivity index (χ3n) is 3.81. The summed E-state index contributed by atoms with van der Waals surface area (Å²) in [6.45, 7) is 0. The van der Waals surface area contributed by atoms with Gasteiger partial charge in [0.2, 0.25) is 0 Å². The van der Waals surface area contributed by atoms with Crippen molar-refractivity contribution in [2.45, 2.75) is 31.2 Å². The van der Waals surface area contributed by atoms with Crippen LogP contribution in [0.3, 0.4) is 0 Å². The van der Waals surface area contributed by atoms with E-state index in [1.54, 1.807) is 13.4 Å². The lowest BCUT2D eigenvalue weighted by atomic mass is 9.88. The Morgan fingerprint density at radius 3 is 2.76 bits per heavy atom. The molecule has 3 heteroatoms. The monoisotopic (exact) mass is 231 g/mol. The summed E-state index contributed by atoms with van der Waals surface area (Å²) in [5, 5.41) is 1.07. The van der Waals surface area contributed by atoms with Crippen LogP contribution in [-0.2, 0) is 5.54 Å². The van der Waals surface area contributed by atoms with E-state index in [9.17, 15) is 0 Å². The maximum atomic E-state index is 6.48. The molecule has 0 bridgehead atoms. The number of hydrogen-bond acceptors (Lipinski definition) is 3. The lowest BCUT2D eigenvalue weighted by molar-refractivity contribution is 0.404. The molecule has 2 N–H and O–H groups in total. The summed E-state index contributed by atoms with van der Waals surface area (Å²) in [6.07, 6.45) is 6.22. The SMILES string of the molecule is COc1cc(C2(N)CCCC2)cc2ccoc12. The minimum atomic E-state index is -0.182. The molecule has 1 saturated carbocycles. The lowest BCUT2D eigenvalue weighted by Gasteiger charge is -2.24. The van der Waals surface area contributed by atoms with Crippen molar-refractivity contribution in [3.63, 3.8) is 0 Å². The van der Waals surface area contributed by atoms with E-state index < -0.39 is 0 Å². The number of rotatable bonds is 2. The van der Waals surface area contributed by atoms with Gasteiger partial charge in [-0.05, 0) is 36.6 Å². The van der Waals surface area contributed by atoms with Crippen LogP contribution in [0.1, 0.15) is 31.2 Å². The number of benzene rings is 1. The van der Waals surface area contributed by atoms with E-state index in [0.717, 1.165) is 29.6 Å². The second kappa shape index (κ2) is 3.77. The van der Waals surface area contributed by atoms with Crippen molar-refractivity contribution in [2.24, 2.45) is 5.73 Å². The Morgan fingerprint density at radius 1 is 1.29 bits per heavy atom. The number of methoxy groups -OCH3 is 1. The molecule has 3 nitrogen and oxygen atoms in total. The Morgan fingerprint density at radius 2 is 2.06 bits per heavy atom. The Balaban J connectivity index is 2.16. The van der Waals surface area contributed by atoms with E-state index >= 15 is 0 Å². The summed E-state index contributed by atoms with van der Waals surface area (Å²) >= 11 is 0. The molecule has 0 aliphatic heterocycles. The Bertz CT molecular complexity index is 538. The van der Waals surface area contributed by atoms with Crippen molar-refractivity contribution < 1.29 is 9.15 Å². The lowest BCUT2D eigenvalue weighted by Crippen LogP contribution is -2.32. The molecule has 90 valence electrons. The molecule has 0 atom stereocenters. The minimum Gasteiger partial charge on any atom is -0.493 e. The van der Waals surface area contributed by atoms with Gasteiger partial charge in [0, 0.05) is 10.9 Å². The summed E-state index contributed by atoms with van der Waals surface area (Å²) in [4.78, 5) is 0. The first-order valence-corrected chi connectivity index (χ1v) is 6.07. The molecular weight excluding hydrogens is 214 g/mol. The van der Waals surface area contributed by atoms with Gasteiger partial charge < -0.3 is 14.9 Å². The highest BCUT2D eigenvalue weighted by Crippen LogP contribution is 2.40. The number of fused-ring (bicyclic) bond motifs is 1. The number of ether oxygens (including phenoxy) is 1. The summed E-state index contributed by atoms with van der Waals surface area (Å²) in [6, 6.07) is 6.11. The molecule has 0 radical (unpaired) electrons. The zero-order valence-corrected chi connectivity index (χ0v) is 10.0. The second-order valence-electron chi connectivity index (χ2n) is 4.88. The van der Waals surface area contributed by atoms with Crippen molar-refractivity contribution in [1.82, 2.24) is 0 Å². The zero-order valence-electron chi connectivity index (χ0n) is 10.0. The molecule has 1 aliphatic carbocycles. The van der Waals surface area contributed by atoms with E-state index in [4.69, 9.17) is 14.9 Å². The molecule has 1 fully saturated rings. The predicted molar refractivity (Wildman–Crippen MR) is 67.1 cm³/mol. The fourth-order valence-corrected chi connectivity index (χ4v) is 2.78. The quantitative estimate of drug-likeness (QED) is 0.863.